The third-order valence-corrected chi connectivity index (χ3v) is 3.52. The van der Waals surface area contributed by atoms with Crippen LogP contribution in [0, 0.1) is 6.92 Å². The van der Waals surface area contributed by atoms with E-state index in [0.717, 1.165) is 29.3 Å². The number of aryl methyl sites for hydroxylation is 1. The summed E-state index contributed by atoms with van der Waals surface area (Å²) in [4.78, 5) is 12.1. The third kappa shape index (κ3) is 4.15. The Balaban J connectivity index is 2.77. The second-order valence-corrected chi connectivity index (χ2v) is 5.47. The van der Waals surface area contributed by atoms with Crippen molar-refractivity contribution in [3.8, 4) is 0 Å². The van der Waals surface area contributed by atoms with Gasteiger partial charge in [-0.2, -0.15) is 0 Å². The van der Waals surface area contributed by atoms with E-state index in [1.54, 1.807) is 0 Å². The van der Waals surface area contributed by atoms with Gasteiger partial charge in [-0.05, 0) is 38.8 Å². The maximum Gasteiger partial charge on any atom is 0.251 e. The molecular weight excluding hydrogens is 278 g/mol. The average Bonchev–Trinajstić information content (AvgIpc) is 2.29. The summed E-state index contributed by atoms with van der Waals surface area (Å²) in [6, 6.07) is 7.68. The van der Waals surface area contributed by atoms with Crippen molar-refractivity contribution in [2.24, 2.45) is 0 Å². The molecule has 0 saturated carbocycles. The van der Waals surface area contributed by atoms with Crippen LogP contribution < -0.4 is 5.32 Å². The standard InChI is InChI=1S/C14H20BrNO/c1-4-14(3,8-9-15)16-13(17)12-7-5-6-11(2)10-12/h5-7,10H,4,8-9H2,1-3H3,(H,16,17). The third-order valence-electron chi connectivity index (χ3n) is 3.12. The van der Waals surface area contributed by atoms with Crippen LogP contribution in [0.1, 0.15) is 42.6 Å². The SMILES string of the molecule is CCC(C)(CCBr)NC(=O)c1cccc(C)c1. The van der Waals surface area contributed by atoms with E-state index in [4.69, 9.17) is 0 Å². The highest BCUT2D eigenvalue weighted by Gasteiger charge is 2.23. The fourth-order valence-corrected chi connectivity index (χ4v) is 2.54. The Labute approximate surface area is 112 Å². The largest absolute Gasteiger partial charge is 0.347 e. The zero-order valence-electron chi connectivity index (χ0n) is 10.7. The molecule has 1 aromatic carbocycles. The summed E-state index contributed by atoms with van der Waals surface area (Å²) in [6.45, 7) is 6.18. The Kier molecular flexibility index (Phi) is 5.19. The molecule has 0 aliphatic heterocycles. The molecule has 0 fully saturated rings. The lowest BCUT2D eigenvalue weighted by Gasteiger charge is -2.29. The first-order valence-electron chi connectivity index (χ1n) is 5.96. The molecule has 3 heteroatoms. The first-order valence-corrected chi connectivity index (χ1v) is 7.08. The molecule has 1 atom stereocenters. The summed E-state index contributed by atoms with van der Waals surface area (Å²) in [5, 5.41) is 4.01. The monoisotopic (exact) mass is 297 g/mol. The van der Waals surface area contributed by atoms with Gasteiger partial charge in [0.15, 0.2) is 0 Å². The molecule has 0 aliphatic carbocycles. The van der Waals surface area contributed by atoms with Crippen LogP contribution >= 0.6 is 15.9 Å². The van der Waals surface area contributed by atoms with Crippen molar-refractivity contribution < 1.29 is 4.79 Å². The zero-order valence-corrected chi connectivity index (χ0v) is 12.3. The molecule has 0 aromatic heterocycles. The van der Waals surface area contributed by atoms with Crippen LogP contribution in [0.4, 0.5) is 0 Å². The van der Waals surface area contributed by atoms with Crippen LogP contribution in [0.15, 0.2) is 24.3 Å². The highest BCUT2D eigenvalue weighted by molar-refractivity contribution is 9.09. The van der Waals surface area contributed by atoms with Gasteiger partial charge in [0, 0.05) is 16.4 Å². The molecule has 0 radical (unpaired) electrons. The number of carbonyl (C=O) groups is 1. The normalized spacial score (nSPS) is 14.1. The Morgan fingerprint density at radius 2 is 2.18 bits per heavy atom. The predicted octanol–water partition coefficient (Wildman–Crippen LogP) is 3.68. The van der Waals surface area contributed by atoms with E-state index in [9.17, 15) is 4.79 Å². The number of nitrogens with one attached hydrogen (secondary N) is 1. The summed E-state index contributed by atoms with van der Waals surface area (Å²) in [5.41, 5.74) is 1.71. The van der Waals surface area contributed by atoms with E-state index < -0.39 is 0 Å². The van der Waals surface area contributed by atoms with Gasteiger partial charge in [-0.25, -0.2) is 0 Å². The number of hydrogen-bond acceptors (Lipinski definition) is 1. The first-order chi connectivity index (χ1) is 8.00. The number of rotatable bonds is 5. The molecule has 1 unspecified atom stereocenters. The Morgan fingerprint density at radius 1 is 1.47 bits per heavy atom. The van der Waals surface area contributed by atoms with Crippen LogP contribution in [0.5, 0.6) is 0 Å². The van der Waals surface area contributed by atoms with Crippen LogP contribution in [0.25, 0.3) is 0 Å². The molecule has 0 heterocycles. The molecule has 94 valence electrons. The van der Waals surface area contributed by atoms with Gasteiger partial charge in [-0.1, -0.05) is 40.5 Å². The minimum atomic E-state index is -0.135. The fraction of sp³-hybridized carbons (Fsp3) is 0.500. The van der Waals surface area contributed by atoms with Gasteiger partial charge in [-0.3, -0.25) is 4.79 Å². The quantitative estimate of drug-likeness (QED) is 0.826. The van der Waals surface area contributed by atoms with Crippen molar-refractivity contribution in [2.45, 2.75) is 39.2 Å². The van der Waals surface area contributed by atoms with Gasteiger partial charge in [0.1, 0.15) is 0 Å². The second kappa shape index (κ2) is 6.20. The summed E-state index contributed by atoms with van der Waals surface area (Å²) in [7, 11) is 0. The number of carbonyl (C=O) groups excluding carboxylic acids is 1. The van der Waals surface area contributed by atoms with Crippen LogP contribution in [0.3, 0.4) is 0 Å². The van der Waals surface area contributed by atoms with Crippen molar-refractivity contribution in [3.63, 3.8) is 0 Å². The molecule has 17 heavy (non-hydrogen) atoms. The average molecular weight is 298 g/mol. The molecule has 1 rings (SSSR count). The summed E-state index contributed by atoms with van der Waals surface area (Å²) < 4.78 is 0. The zero-order chi connectivity index (χ0) is 12.9. The number of amides is 1. The molecule has 0 spiro atoms. The molecule has 1 aromatic rings. The van der Waals surface area contributed by atoms with Crippen molar-refractivity contribution in [1.29, 1.82) is 0 Å². The summed E-state index contributed by atoms with van der Waals surface area (Å²) >= 11 is 3.43. The fourth-order valence-electron chi connectivity index (χ4n) is 1.67. The highest BCUT2D eigenvalue weighted by Crippen LogP contribution is 2.17. The van der Waals surface area contributed by atoms with E-state index in [0.29, 0.717) is 0 Å². The topological polar surface area (TPSA) is 29.1 Å². The Hall–Kier alpha value is -0.830. The van der Waals surface area contributed by atoms with Gasteiger partial charge in [0.25, 0.3) is 5.91 Å². The lowest BCUT2D eigenvalue weighted by Crippen LogP contribution is -2.45. The maximum atomic E-state index is 12.1. The van der Waals surface area contributed by atoms with Crippen LogP contribution in [0.2, 0.25) is 0 Å². The first kappa shape index (κ1) is 14.2. The molecule has 0 aliphatic rings. The van der Waals surface area contributed by atoms with Crippen molar-refractivity contribution >= 4 is 21.8 Å². The lowest BCUT2D eigenvalue weighted by molar-refractivity contribution is 0.0901. The molecule has 1 N–H and O–H groups in total. The van der Waals surface area contributed by atoms with E-state index >= 15 is 0 Å². The molecule has 2 nitrogen and oxygen atoms in total. The van der Waals surface area contributed by atoms with Gasteiger partial charge in [0.2, 0.25) is 0 Å². The van der Waals surface area contributed by atoms with Crippen molar-refractivity contribution in [3.05, 3.63) is 35.4 Å². The molecule has 0 saturated heterocycles. The van der Waals surface area contributed by atoms with Crippen LogP contribution in [-0.4, -0.2) is 16.8 Å². The van der Waals surface area contributed by atoms with Gasteiger partial charge in [0.05, 0.1) is 0 Å². The van der Waals surface area contributed by atoms with E-state index in [1.165, 1.54) is 0 Å². The highest BCUT2D eigenvalue weighted by atomic mass is 79.9. The molecular formula is C14H20BrNO. The minimum Gasteiger partial charge on any atom is -0.347 e. The lowest BCUT2D eigenvalue weighted by atomic mass is 9.95. The molecule has 0 bridgehead atoms. The summed E-state index contributed by atoms with van der Waals surface area (Å²) in [5.74, 6) is 0.0130. The molecule has 1 amide bonds. The predicted molar refractivity (Wildman–Crippen MR) is 75.8 cm³/mol. The van der Waals surface area contributed by atoms with Crippen molar-refractivity contribution in [2.75, 3.05) is 5.33 Å². The van der Waals surface area contributed by atoms with E-state index in [-0.39, 0.29) is 11.4 Å². The minimum absolute atomic E-state index is 0.0130. The summed E-state index contributed by atoms with van der Waals surface area (Å²) in [6.07, 6.45) is 1.86. The smallest absolute Gasteiger partial charge is 0.251 e. The Bertz CT molecular complexity index is 392. The Morgan fingerprint density at radius 3 is 2.71 bits per heavy atom. The van der Waals surface area contributed by atoms with E-state index in [1.807, 2.05) is 31.2 Å². The van der Waals surface area contributed by atoms with Gasteiger partial charge in [-0.15, -0.1) is 0 Å². The van der Waals surface area contributed by atoms with Gasteiger partial charge < -0.3 is 5.32 Å². The number of halogens is 1. The number of benzene rings is 1. The number of alkyl halides is 1. The van der Waals surface area contributed by atoms with E-state index in [2.05, 4.69) is 35.1 Å². The van der Waals surface area contributed by atoms with Crippen LogP contribution in [-0.2, 0) is 0 Å². The van der Waals surface area contributed by atoms with Gasteiger partial charge >= 0.3 is 0 Å². The number of hydrogen-bond donors (Lipinski definition) is 1. The van der Waals surface area contributed by atoms with Crippen molar-refractivity contribution in [1.82, 2.24) is 5.32 Å². The second-order valence-electron chi connectivity index (χ2n) is 4.68. The maximum absolute atomic E-state index is 12.1.